The van der Waals surface area contributed by atoms with Crippen LogP contribution in [0.25, 0.3) is 0 Å². The van der Waals surface area contributed by atoms with Crippen LogP contribution in [0.1, 0.15) is 53.0 Å². The monoisotopic (exact) mass is 428 g/mol. The lowest BCUT2D eigenvalue weighted by Gasteiger charge is -2.31. The van der Waals surface area contributed by atoms with Crippen molar-refractivity contribution in [1.82, 2.24) is 15.2 Å². The Kier molecular flexibility index (Phi) is 7.41. The lowest BCUT2D eigenvalue weighted by molar-refractivity contribution is -0.132. The van der Waals surface area contributed by atoms with Gasteiger partial charge in [-0.3, -0.25) is 19.8 Å². The molecule has 30 heavy (non-hydrogen) atoms. The van der Waals surface area contributed by atoms with Gasteiger partial charge in [0.25, 0.3) is 5.91 Å². The average Bonchev–Trinajstić information content (AvgIpc) is 3.29. The number of rotatable bonds is 7. The van der Waals surface area contributed by atoms with Crippen molar-refractivity contribution in [2.75, 3.05) is 13.1 Å². The Morgan fingerprint density at radius 2 is 1.80 bits per heavy atom. The van der Waals surface area contributed by atoms with Gasteiger partial charge in [-0.05, 0) is 55.7 Å². The number of likely N-dealkylation sites (tertiary alicyclic amines) is 1. The number of hydrogen-bond acceptors (Lipinski definition) is 4. The first-order valence-electron chi connectivity index (χ1n) is 10.0. The van der Waals surface area contributed by atoms with E-state index in [2.05, 4.69) is 10.3 Å². The lowest BCUT2D eigenvalue weighted by atomic mass is 9.89. The van der Waals surface area contributed by atoms with E-state index in [0.717, 1.165) is 0 Å². The smallest absolute Gasteiger partial charge is 0.272 e. The molecule has 0 atom stereocenters. The number of piperidine rings is 1. The maximum absolute atomic E-state index is 12.6. The number of hydrogen-bond donors (Lipinski definition) is 3. The summed E-state index contributed by atoms with van der Waals surface area (Å²) in [6, 6.07) is 10.3. The van der Waals surface area contributed by atoms with Gasteiger partial charge in [0.1, 0.15) is 11.5 Å². The summed E-state index contributed by atoms with van der Waals surface area (Å²) in [5.41, 5.74) is 1.05. The number of carbonyl (C=O) groups excluding carboxylic acids is 3. The van der Waals surface area contributed by atoms with Crippen LogP contribution >= 0.6 is 11.6 Å². The van der Waals surface area contributed by atoms with Gasteiger partial charge in [-0.2, -0.15) is 0 Å². The highest BCUT2D eigenvalue weighted by Crippen LogP contribution is 2.23. The molecule has 0 saturated carbocycles. The average molecular weight is 429 g/mol. The minimum atomic E-state index is -0.358. The van der Waals surface area contributed by atoms with Crippen molar-refractivity contribution < 1.29 is 14.4 Å². The van der Waals surface area contributed by atoms with E-state index in [1.807, 2.05) is 0 Å². The van der Waals surface area contributed by atoms with Crippen molar-refractivity contribution in [2.24, 2.45) is 5.92 Å². The fourth-order valence-corrected chi connectivity index (χ4v) is 3.68. The van der Waals surface area contributed by atoms with Gasteiger partial charge in [0.05, 0.1) is 0 Å². The van der Waals surface area contributed by atoms with Gasteiger partial charge >= 0.3 is 0 Å². The molecule has 3 rings (SSSR count). The highest BCUT2D eigenvalue weighted by Gasteiger charge is 2.27. The van der Waals surface area contributed by atoms with E-state index in [0.29, 0.717) is 61.5 Å². The molecular weight excluding hydrogens is 404 g/mol. The van der Waals surface area contributed by atoms with Crippen LogP contribution in [0.3, 0.4) is 0 Å². The molecule has 1 aromatic heterocycles. The van der Waals surface area contributed by atoms with Gasteiger partial charge < -0.3 is 15.2 Å². The number of aromatic amines is 1. The largest absolute Gasteiger partial charge is 0.357 e. The molecule has 158 valence electrons. The summed E-state index contributed by atoms with van der Waals surface area (Å²) in [7, 11) is 0. The SMILES string of the molecule is N=C(CCCC(=O)N1CCC(C(=O)c2ccc(Cl)cc2)CC1)NC(=O)c1ccc[nH]1. The zero-order chi connectivity index (χ0) is 21.5. The van der Waals surface area contributed by atoms with Crippen LogP contribution in [0, 0.1) is 11.3 Å². The number of Topliss-reactive ketones (excluding diaryl/α,β-unsaturated/α-hetero) is 1. The molecule has 1 aromatic carbocycles. The van der Waals surface area contributed by atoms with E-state index in [1.165, 1.54) is 0 Å². The number of ketones is 1. The zero-order valence-corrected chi connectivity index (χ0v) is 17.4. The molecule has 1 aliphatic heterocycles. The molecule has 0 aliphatic carbocycles. The molecule has 2 heterocycles. The molecule has 0 radical (unpaired) electrons. The van der Waals surface area contributed by atoms with E-state index >= 15 is 0 Å². The molecule has 7 nitrogen and oxygen atoms in total. The quantitative estimate of drug-likeness (QED) is 0.356. The highest BCUT2D eigenvalue weighted by atomic mass is 35.5. The maximum Gasteiger partial charge on any atom is 0.272 e. The minimum absolute atomic E-state index is 0.0240. The van der Waals surface area contributed by atoms with E-state index in [1.54, 1.807) is 47.5 Å². The molecule has 2 amide bonds. The number of H-pyrrole nitrogens is 1. The molecule has 8 heteroatoms. The Labute approximate surface area is 180 Å². The Morgan fingerprint density at radius 1 is 1.10 bits per heavy atom. The third kappa shape index (κ3) is 5.79. The number of nitrogens with zero attached hydrogens (tertiary/aromatic N) is 1. The van der Waals surface area contributed by atoms with E-state index in [4.69, 9.17) is 17.0 Å². The maximum atomic E-state index is 12.6. The van der Waals surface area contributed by atoms with Crippen LogP contribution < -0.4 is 5.32 Å². The molecular formula is C22H25ClN4O3. The van der Waals surface area contributed by atoms with E-state index in [9.17, 15) is 14.4 Å². The van der Waals surface area contributed by atoms with Crippen LogP contribution in [0.15, 0.2) is 42.6 Å². The van der Waals surface area contributed by atoms with Crippen molar-refractivity contribution in [3.63, 3.8) is 0 Å². The molecule has 0 unspecified atom stereocenters. The van der Waals surface area contributed by atoms with Crippen molar-refractivity contribution in [2.45, 2.75) is 32.1 Å². The lowest BCUT2D eigenvalue weighted by Crippen LogP contribution is -2.40. The van der Waals surface area contributed by atoms with Gasteiger partial charge in [-0.1, -0.05) is 11.6 Å². The molecule has 3 N–H and O–H groups in total. The van der Waals surface area contributed by atoms with Crippen LogP contribution in [0.5, 0.6) is 0 Å². The van der Waals surface area contributed by atoms with Gasteiger partial charge in [0.2, 0.25) is 5.91 Å². The summed E-state index contributed by atoms with van der Waals surface area (Å²) in [5, 5.41) is 11.0. The summed E-state index contributed by atoms with van der Waals surface area (Å²) >= 11 is 5.87. The third-order valence-electron chi connectivity index (χ3n) is 5.27. The number of benzene rings is 1. The summed E-state index contributed by atoms with van der Waals surface area (Å²) in [6.07, 6.45) is 4.07. The van der Waals surface area contributed by atoms with E-state index < -0.39 is 0 Å². The van der Waals surface area contributed by atoms with Gasteiger partial charge in [0, 0.05) is 48.6 Å². The normalized spacial score (nSPS) is 14.4. The number of nitrogens with one attached hydrogen (secondary N) is 3. The van der Waals surface area contributed by atoms with Crippen LogP contribution in [0.4, 0.5) is 0 Å². The van der Waals surface area contributed by atoms with Crippen LogP contribution in [-0.2, 0) is 4.79 Å². The summed E-state index contributed by atoms with van der Waals surface area (Å²) < 4.78 is 0. The molecule has 1 aliphatic rings. The number of amidine groups is 1. The van der Waals surface area contributed by atoms with Crippen LogP contribution in [0.2, 0.25) is 5.02 Å². The first kappa shape index (κ1) is 21.8. The van der Waals surface area contributed by atoms with Crippen molar-refractivity contribution in [3.8, 4) is 0 Å². The number of aromatic nitrogens is 1. The summed E-state index contributed by atoms with van der Waals surface area (Å²) in [6.45, 7) is 1.12. The second-order valence-corrected chi connectivity index (χ2v) is 7.83. The van der Waals surface area contributed by atoms with Crippen molar-refractivity contribution in [3.05, 3.63) is 58.9 Å². The topological polar surface area (TPSA) is 106 Å². The predicted molar refractivity (Wildman–Crippen MR) is 115 cm³/mol. The molecule has 1 fully saturated rings. The molecule has 2 aromatic rings. The van der Waals surface area contributed by atoms with Gasteiger partial charge in [0.15, 0.2) is 5.78 Å². The fraction of sp³-hybridized carbons (Fsp3) is 0.364. The first-order valence-corrected chi connectivity index (χ1v) is 10.4. The molecule has 0 spiro atoms. The molecule has 1 saturated heterocycles. The fourth-order valence-electron chi connectivity index (χ4n) is 3.55. The second-order valence-electron chi connectivity index (χ2n) is 7.40. The standard InChI is InChI=1S/C22H25ClN4O3/c23-17-8-6-15(7-9-17)21(29)16-10-13-27(14-11-16)20(28)5-1-4-19(24)26-22(30)18-3-2-12-25-18/h2-3,6-9,12,16,25H,1,4-5,10-11,13-14H2,(H2,24,26,30). The summed E-state index contributed by atoms with van der Waals surface area (Å²) in [5.74, 6) is -0.217. The highest BCUT2D eigenvalue weighted by molar-refractivity contribution is 6.30. The Balaban J connectivity index is 1.37. The number of carbonyl (C=O) groups is 3. The summed E-state index contributed by atoms with van der Waals surface area (Å²) in [4.78, 5) is 41.5. The zero-order valence-electron chi connectivity index (χ0n) is 16.6. The third-order valence-corrected chi connectivity index (χ3v) is 5.52. The van der Waals surface area contributed by atoms with Crippen molar-refractivity contribution in [1.29, 1.82) is 5.41 Å². The van der Waals surface area contributed by atoms with Gasteiger partial charge in [-0.15, -0.1) is 0 Å². The van der Waals surface area contributed by atoms with Crippen LogP contribution in [-0.4, -0.2) is 46.4 Å². The number of halogens is 1. The Bertz CT molecular complexity index is 901. The first-order chi connectivity index (χ1) is 14.4. The van der Waals surface area contributed by atoms with Gasteiger partial charge in [-0.25, -0.2) is 0 Å². The van der Waals surface area contributed by atoms with E-state index in [-0.39, 0.29) is 29.4 Å². The van der Waals surface area contributed by atoms with Crippen molar-refractivity contribution >= 4 is 35.0 Å². The predicted octanol–water partition coefficient (Wildman–Crippen LogP) is 3.67. The number of amides is 2. The molecule has 0 bridgehead atoms. The minimum Gasteiger partial charge on any atom is -0.357 e. The Morgan fingerprint density at radius 3 is 2.43 bits per heavy atom. The Hall–Kier alpha value is -2.93. The second kappa shape index (κ2) is 10.2.